The molecule has 0 saturated carbocycles. The minimum atomic E-state index is -0.654. The highest BCUT2D eigenvalue weighted by Gasteiger charge is 2.16. The molecule has 0 aliphatic heterocycles. The summed E-state index contributed by atoms with van der Waals surface area (Å²) in [5.41, 5.74) is 0. The van der Waals surface area contributed by atoms with E-state index in [1.807, 2.05) is 20.8 Å². The van der Waals surface area contributed by atoms with Crippen molar-refractivity contribution in [3.63, 3.8) is 0 Å². The summed E-state index contributed by atoms with van der Waals surface area (Å²) in [6.07, 6.45) is -0.741. The molecule has 0 bridgehead atoms. The van der Waals surface area contributed by atoms with Gasteiger partial charge in [0.25, 0.3) is 0 Å². The maximum atomic E-state index is 9.55. The van der Waals surface area contributed by atoms with Crippen LogP contribution in [0.15, 0.2) is 0 Å². The molecule has 0 aromatic carbocycles. The topological polar surface area (TPSA) is 118 Å². The molecule has 26 heavy (non-hydrogen) atoms. The Hall–Kier alpha value is -0.320. The van der Waals surface area contributed by atoms with Gasteiger partial charge in [0.15, 0.2) is 0 Å². The zero-order valence-electron chi connectivity index (χ0n) is 16.4. The Labute approximate surface area is 157 Å². The van der Waals surface area contributed by atoms with Crippen LogP contribution in [0.3, 0.4) is 0 Å². The molecular weight excluding hydrogens is 344 g/mol. The summed E-state index contributed by atoms with van der Waals surface area (Å²) < 4.78 is 22.1. The molecule has 0 heterocycles. The number of hydrogen-bond acceptors (Lipinski definition) is 8. The normalized spacial score (nSPS) is 16.6. The second-order valence-electron chi connectivity index (χ2n) is 6.58. The molecule has 0 rings (SSSR count). The van der Waals surface area contributed by atoms with Crippen LogP contribution in [0.5, 0.6) is 0 Å². The first-order chi connectivity index (χ1) is 12.5. The number of aliphatic hydroxyl groups is 4. The first kappa shape index (κ1) is 25.7. The molecule has 4 N–H and O–H groups in total. The fraction of sp³-hybridized carbons (Fsp3) is 1.00. The van der Waals surface area contributed by atoms with E-state index in [-0.39, 0.29) is 45.1 Å². The van der Waals surface area contributed by atoms with Crippen molar-refractivity contribution in [1.82, 2.24) is 0 Å². The monoisotopic (exact) mass is 382 g/mol. The first-order valence-electron chi connectivity index (χ1n) is 9.43. The van der Waals surface area contributed by atoms with Crippen LogP contribution in [0.1, 0.15) is 33.6 Å². The van der Waals surface area contributed by atoms with Gasteiger partial charge >= 0.3 is 0 Å². The summed E-state index contributed by atoms with van der Waals surface area (Å²) in [5.74, 6) is 0.120. The number of aliphatic hydroxyl groups excluding tert-OH is 4. The lowest BCUT2D eigenvalue weighted by Crippen LogP contribution is -2.33. The Morgan fingerprint density at radius 1 is 0.654 bits per heavy atom. The summed E-state index contributed by atoms with van der Waals surface area (Å²) in [5, 5.41) is 37.2. The third-order valence-corrected chi connectivity index (χ3v) is 3.81. The predicted molar refractivity (Wildman–Crippen MR) is 97.0 cm³/mol. The molecule has 0 aromatic heterocycles. The minimum Gasteiger partial charge on any atom is -0.394 e. The summed E-state index contributed by atoms with van der Waals surface area (Å²) in [6, 6.07) is 0. The predicted octanol–water partition coefficient (Wildman–Crippen LogP) is -0.0475. The van der Waals surface area contributed by atoms with E-state index < -0.39 is 18.3 Å². The lowest BCUT2D eigenvalue weighted by Gasteiger charge is -2.23. The van der Waals surface area contributed by atoms with Gasteiger partial charge in [0.1, 0.15) is 12.2 Å². The Bertz CT molecular complexity index is 301. The number of hydrogen-bond donors (Lipinski definition) is 4. The standard InChI is InChI=1S/C18H38O8/c1-4-15(21)10-23-8-14(3)9-25-18(12-24-11-16(22)5-2)13-26-17(6-19)7-20/h14-22H,4-13H2,1-3H3. The van der Waals surface area contributed by atoms with Gasteiger partial charge in [0.05, 0.1) is 65.1 Å². The van der Waals surface area contributed by atoms with Crippen LogP contribution in [-0.2, 0) is 18.9 Å². The third-order valence-electron chi connectivity index (χ3n) is 3.81. The molecule has 0 fully saturated rings. The molecule has 0 aliphatic carbocycles. The minimum absolute atomic E-state index is 0.120. The van der Waals surface area contributed by atoms with Crippen molar-refractivity contribution in [2.75, 3.05) is 52.9 Å². The summed E-state index contributed by atoms with van der Waals surface area (Å²) in [4.78, 5) is 0. The smallest absolute Gasteiger partial charge is 0.104 e. The molecule has 8 heteroatoms. The van der Waals surface area contributed by atoms with E-state index in [9.17, 15) is 10.2 Å². The van der Waals surface area contributed by atoms with Crippen LogP contribution in [0.2, 0.25) is 0 Å². The summed E-state index contributed by atoms with van der Waals surface area (Å²) in [7, 11) is 0. The van der Waals surface area contributed by atoms with Crippen LogP contribution in [0, 0.1) is 5.92 Å². The van der Waals surface area contributed by atoms with E-state index in [0.717, 1.165) is 0 Å². The molecule has 0 radical (unpaired) electrons. The van der Waals surface area contributed by atoms with E-state index in [4.69, 9.17) is 29.2 Å². The molecule has 8 nitrogen and oxygen atoms in total. The first-order valence-corrected chi connectivity index (χ1v) is 9.43. The molecule has 0 aromatic rings. The van der Waals surface area contributed by atoms with E-state index in [1.54, 1.807) is 0 Å². The fourth-order valence-electron chi connectivity index (χ4n) is 1.88. The number of rotatable bonds is 18. The maximum absolute atomic E-state index is 9.55. The maximum Gasteiger partial charge on any atom is 0.104 e. The van der Waals surface area contributed by atoms with Gasteiger partial charge in [-0.1, -0.05) is 20.8 Å². The van der Waals surface area contributed by atoms with Gasteiger partial charge < -0.3 is 39.4 Å². The van der Waals surface area contributed by atoms with Crippen molar-refractivity contribution in [3.05, 3.63) is 0 Å². The highest BCUT2D eigenvalue weighted by Crippen LogP contribution is 2.05. The van der Waals surface area contributed by atoms with Crippen molar-refractivity contribution in [1.29, 1.82) is 0 Å². The third kappa shape index (κ3) is 13.8. The van der Waals surface area contributed by atoms with Gasteiger partial charge in [-0.3, -0.25) is 0 Å². The lowest BCUT2D eigenvalue weighted by molar-refractivity contribution is -0.109. The van der Waals surface area contributed by atoms with E-state index in [1.165, 1.54) is 0 Å². The Morgan fingerprint density at radius 3 is 1.65 bits per heavy atom. The average molecular weight is 382 g/mol. The van der Waals surface area contributed by atoms with Gasteiger partial charge in [-0.15, -0.1) is 0 Å². The Balaban J connectivity index is 4.22. The number of ether oxygens (including phenoxy) is 4. The van der Waals surface area contributed by atoms with Gasteiger partial charge in [-0.05, 0) is 12.8 Å². The Morgan fingerprint density at radius 2 is 1.15 bits per heavy atom. The van der Waals surface area contributed by atoms with Gasteiger partial charge in [-0.25, -0.2) is 0 Å². The quantitative estimate of drug-likeness (QED) is 0.261. The van der Waals surface area contributed by atoms with Crippen LogP contribution >= 0.6 is 0 Å². The van der Waals surface area contributed by atoms with Gasteiger partial charge in [0, 0.05) is 5.92 Å². The van der Waals surface area contributed by atoms with Crippen LogP contribution in [0.25, 0.3) is 0 Å². The van der Waals surface area contributed by atoms with E-state index in [0.29, 0.717) is 32.7 Å². The van der Waals surface area contributed by atoms with Crippen molar-refractivity contribution in [2.45, 2.75) is 58.0 Å². The van der Waals surface area contributed by atoms with E-state index in [2.05, 4.69) is 0 Å². The molecule has 158 valence electrons. The zero-order chi connectivity index (χ0) is 19.8. The molecule has 4 unspecified atom stereocenters. The van der Waals surface area contributed by atoms with Crippen LogP contribution in [0.4, 0.5) is 0 Å². The SMILES string of the molecule is CCC(O)COCC(C)COC(COCC(O)CC)COC(CO)CO. The van der Waals surface area contributed by atoms with Crippen molar-refractivity contribution >= 4 is 0 Å². The van der Waals surface area contributed by atoms with Gasteiger partial charge in [-0.2, -0.15) is 0 Å². The fourth-order valence-corrected chi connectivity index (χ4v) is 1.88. The zero-order valence-corrected chi connectivity index (χ0v) is 16.4. The highest BCUT2D eigenvalue weighted by atomic mass is 16.6. The summed E-state index contributed by atoms with van der Waals surface area (Å²) >= 11 is 0. The van der Waals surface area contributed by atoms with Gasteiger partial charge in [0.2, 0.25) is 0 Å². The molecule has 0 spiro atoms. The Kier molecular flexibility index (Phi) is 16.6. The lowest BCUT2D eigenvalue weighted by atomic mass is 10.2. The molecule has 0 amide bonds. The molecule has 0 aliphatic rings. The molecule has 0 saturated heterocycles. The van der Waals surface area contributed by atoms with E-state index >= 15 is 0 Å². The van der Waals surface area contributed by atoms with Crippen molar-refractivity contribution in [2.24, 2.45) is 5.92 Å². The average Bonchev–Trinajstić information content (AvgIpc) is 2.65. The van der Waals surface area contributed by atoms with Crippen molar-refractivity contribution in [3.8, 4) is 0 Å². The highest BCUT2D eigenvalue weighted by molar-refractivity contribution is 4.62. The second-order valence-corrected chi connectivity index (χ2v) is 6.58. The summed E-state index contributed by atoms with van der Waals surface area (Å²) in [6.45, 7) is 7.00. The molecular formula is C18H38O8. The van der Waals surface area contributed by atoms with Crippen LogP contribution in [-0.4, -0.2) is 97.7 Å². The molecule has 4 atom stereocenters. The van der Waals surface area contributed by atoms with Crippen LogP contribution < -0.4 is 0 Å². The second kappa shape index (κ2) is 16.8. The largest absolute Gasteiger partial charge is 0.394 e. The van der Waals surface area contributed by atoms with Crippen molar-refractivity contribution < 1.29 is 39.4 Å².